The van der Waals surface area contributed by atoms with Gasteiger partial charge in [0, 0.05) is 29.2 Å². The number of anilines is 1. The van der Waals surface area contributed by atoms with Crippen LogP contribution in [-0.4, -0.2) is 24.7 Å². The number of H-pyrrole nitrogens is 1. The van der Waals surface area contributed by atoms with E-state index in [9.17, 15) is 0 Å². The van der Waals surface area contributed by atoms with Crippen LogP contribution in [0.15, 0.2) is 73.2 Å². The van der Waals surface area contributed by atoms with Crippen LogP contribution in [0.4, 0.5) is 5.69 Å². The number of aromatic amines is 1. The van der Waals surface area contributed by atoms with Crippen LogP contribution in [0.25, 0.3) is 27.8 Å². The lowest BCUT2D eigenvalue weighted by molar-refractivity contribution is 0.869. The summed E-state index contributed by atoms with van der Waals surface area (Å²) in [4.78, 5) is 9.30. The van der Waals surface area contributed by atoms with Gasteiger partial charge in [-0.3, -0.25) is 9.67 Å². The van der Waals surface area contributed by atoms with E-state index in [0.717, 1.165) is 45.1 Å². The van der Waals surface area contributed by atoms with Gasteiger partial charge in [0.05, 0.1) is 18.3 Å². The number of nitrogens with zero attached hydrogens (tertiary/aromatic N) is 4. The molecule has 5 rings (SSSR count). The summed E-state index contributed by atoms with van der Waals surface area (Å²) in [5.74, 6) is 1.76. The van der Waals surface area contributed by atoms with Gasteiger partial charge < -0.3 is 5.32 Å². The third-order valence-corrected chi connectivity index (χ3v) is 5.18. The molecule has 3 heterocycles. The zero-order valence-corrected chi connectivity index (χ0v) is 16.9. The summed E-state index contributed by atoms with van der Waals surface area (Å²) < 4.78 is 2.04. The van der Waals surface area contributed by atoms with Crippen LogP contribution >= 0.6 is 0 Å². The van der Waals surface area contributed by atoms with Crippen molar-refractivity contribution in [3.8, 4) is 16.9 Å². The van der Waals surface area contributed by atoms with Crippen molar-refractivity contribution < 1.29 is 0 Å². The lowest BCUT2D eigenvalue weighted by atomic mass is 10.0. The van der Waals surface area contributed by atoms with Gasteiger partial charge in [0.25, 0.3) is 0 Å². The van der Waals surface area contributed by atoms with E-state index in [1.165, 1.54) is 5.56 Å². The maximum Gasteiger partial charge on any atom is 0.138 e. The first-order chi connectivity index (χ1) is 14.7. The zero-order valence-electron chi connectivity index (χ0n) is 16.9. The number of nitrogens with one attached hydrogen (secondary N) is 2. The van der Waals surface area contributed by atoms with Gasteiger partial charge in [-0.15, -0.1) is 0 Å². The van der Waals surface area contributed by atoms with Crippen LogP contribution in [0.1, 0.15) is 17.1 Å². The third-order valence-electron chi connectivity index (χ3n) is 5.18. The molecular formula is C24H22N6. The van der Waals surface area contributed by atoms with Crippen molar-refractivity contribution in [3.05, 3.63) is 90.3 Å². The first-order valence-electron chi connectivity index (χ1n) is 9.91. The summed E-state index contributed by atoms with van der Waals surface area (Å²) in [6.07, 6.45) is 5.61. The average Bonchev–Trinajstić information content (AvgIpc) is 3.41. The number of hydrogen-bond acceptors (Lipinski definition) is 4. The fraction of sp³-hybridized carbons (Fsp3) is 0.125. The largest absolute Gasteiger partial charge is 0.378 e. The van der Waals surface area contributed by atoms with Gasteiger partial charge in [-0.1, -0.05) is 23.8 Å². The standard InChI is InChI=1S/C24H22N6/c1-16-3-6-21(7-4-16)26-15-24-25-9-10-30(24)23-13-19(11-17(2)28-23)18-5-8-22-20(12-18)14-27-29-22/h3-14,26H,15H2,1-2H3,(H,27,29). The second-order valence-electron chi connectivity index (χ2n) is 7.46. The molecule has 6 nitrogen and oxygen atoms in total. The van der Waals surface area contributed by atoms with Crippen LogP contribution in [-0.2, 0) is 6.54 Å². The van der Waals surface area contributed by atoms with Gasteiger partial charge in [-0.05, 0) is 61.4 Å². The molecule has 2 aromatic carbocycles. The Morgan fingerprint density at radius 3 is 2.70 bits per heavy atom. The molecule has 0 aliphatic heterocycles. The van der Waals surface area contributed by atoms with Gasteiger partial charge >= 0.3 is 0 Å². The predicted molar refractivity (Wildman–Crippen MR) is 120 cm³/mol. The lowest BCUT2D eigenvalue weighted by Crippen LogP contribution is -2.09. The molecule has 0 radical (unpaired) electrons. The van der Waals surface area contributed by atoms with Crippen LogP contribution < -0.4 is 5.32 Å². The molecular weight excluding hydrogens is 372 g/mol. The zero-order chi connectivity index (χ0) is 20.5. The molecule has 0 bridgehead atoms. The number of benzene rings is 2. The highest BCUT2D eigenvalue weighted by Crippen LogP contribution is 2.26. The van der Waals surface area contributed by atoms with Crippen LogP contribution in [0.5, 0.6) is 0 Å². The van der Waals surface area contributed by atoms with E-state index < -0.39 is 0 Å². The van der Waals surface area contributed by atoms with Gasteiger partial charge in [0.15, 0.2) is 0 Å². The molecule has 0 unspecified atom stereocenters. The lowest BCUT2D eigenvalue weighted by Gasteiger charge is -2.12. The summed E-state index contributed by atoms with van der Waals surface area (Å²) >= 11 is 0. The Hall–Kier alpha value is -3.93. The number of imidazole rings is 1. The molecule has 0 spiro atoms. The normalized spacial score (nSPS) is 11.1. The van der Waals surface area contributed by atoms with Crippen molar-refractivity contribution in [2.45, 2.75) is 20.4 Å². The number of fused-ring (bicyclic) bond motifs is 1. The molecule has 0 saturated carbocycles. The molecule has 0 aliphatic carbocycles. The Morgan fingerprint density at radius 1 is 0.967 bits per heavy atom. The Bertz CT molecular complexity index is 1310. The molecule has 0 aliphatic rings. The van der Waals surface area contributed by atoms with E-state index in [4.69, 9.17) is 4.98 Å². The first-order valence-corrected chi connectivity index (χ1v) is 9.91. The highest BCUT2D eigenvalue weighted by Gasteiger charge is 2.10. The van der Waals surface area contributed by atoms with E-state index in [-0.39, 0.29) is 0 Å². The molecule has 5 aromatic rings. The quantitative estimate of drug-likeness (QED) is 0.438. The van der Waals surface area contributed by atoms with Crippen LogP contribution in [0, 0.1) is 13.8 Å². The molecule has 3 aromatic heterocycles. The van der Waals surface area contributed by atoms with E-state index in [1.54, 1.807) is 0 Å². The van der Waals surface area contributed by atoms with E-state index in [2.05, 4.69) is 82.0 Å². The molecule has 0 fully saturated rings. The molecule has 2 N–H and O–H groups in total. The topological polar surface area (TPSA) is 71.4 Å². The van der Waals surface area contributed by atoms with E-state index in [1.807, 2.05) is 30.1 Å². The Morgan fingerprint density at radius 2 is 1.83 bits per heavy atom. The molecule has 0 atom stereocenters. The molecule has 0 saturated heterocycles. The minimum Gasteiger partial charge on any atom is -0.378 e. The number of pyridine rings is 1. The van der Waals surface area contributed by atoms with Crippen molar-refractivity contribution in [1.82, 2.24) is 24.7 Å². The average molecular weight is 394 g/mol. The number of rotatable bonds is 5. The number of aryl methyl sites for hydroxylation is 2. The predicted octanol–water partition coefficient (Wildman–Crippen LogP) is 5.04. The molecule has 0 amide bonds. The highest BCUT2D eigenvalue weighted by molar-refractivity contribution is 5.84. The summed E-state index contributed by atoms with van der Waals surface area (Å²) in [7, 11) is 0. The maximum atomic E-state index is 4.76. The second kappa shape index (κ2) is 7.48. The SMILES string of the molecule is Cc1ccc(NCc2nccn2-c2cc(-c3ccc4[nH]ncc4c3)cc(C)n2)cc1. The van der Waals surface area contributed by atoms with E-state index >= 15 is 0 Å². The van der Waals surface area contributed by atoms with Crippen LogP contribution in [0.2, 0.25) is 0 Å². The van der Waals surface area contributed by atoms with Crippen molar-refractivity contribution in [2.75, 3.05) is 5.32 Å². The molecule has 6 heteroatoms. The highest BCUT2D eigenvalue weighted by atomic mass is 15.1. The van der Waals surface area contributed by atoms with Gasteiger partial charge in [-0.25, -0.2) is 9.97 Å². The Balaban J connectivity index is 1.46. The van der Waals surface area contributed by atoms with E-state index in [0.29, 0.717) is 6.54 Å². The minimum atomic E-state index is 0.613. The molecule has 30 heavy (non-hydrogen) atoms. The third kappa shape index (κ3) is 3.55. The Labute approximate surface area is 174 Å². The maximum absolute atomic E-state index is 4.76. The second-order valence-corrected chi connectivity index (χ2v) is 7.46. The first kappa shape index (κ1) is 18.1. The van der Waals surface area contributed by atoms with Crippen molar-refractivity contribution in [3.63, 3.8) is 0 Å². The molecule has 148 valence electrons. The Kier molecular flexibility index (Phi) is 4.52. The summed E-state index contributed by atoms with van der Waals surface area (Å²) in [6, 6.07) is 18.9. The summed E-state index contributed by atoms with van der Waals surface area (Å²) in [6.45, 7) is 4.72. The fourth-order valence-electron chi connectivity index (χ4n) is 3.59. The van der Waals surface area contributed by atoms with Gasteiger partial charge in [0.1, 0.15) is 11.6 Å². The summed E-state index contributed by atoms with van der Waals surface area (Å²) in [5, 5.41) is 11.6. The number of hydrogen-bond donors (Lipinski definition) is 2. The fourth-order valence-corrected chi connectivity index (χ4v) is 3.59. The monoisotopic (exact) mass is 394 g/mol. The summed E-state index contributed by atoms with van der Waals surface area (Å²) in [5.41, 5.74) is 6.56. The minimum absolute atomic E-state index is 0.613. The van der Waals surface area contributed by atoms with Gasteiger partial charge in [-0.2, -0.15) is 5.10 Å². The van der Waals surface area contributed by atoms with Crippen molar-refractivity contribution >= 4 is 16.6 Å². The van der Waals surface area contributed by atoms with Crippen LogP contribution in [0.3, 0.4) is 0 Å². The van der Waals surface area contributed by atoms with Crippen molar-refractivity contribution in [1.29, 1.82) is 0 Å². The number of aromatic nitrogens is 5. The smallest absolute Gasteiger partial charge is 0.138 e. The van der Waals surface area contributed by atoms with Gasteiger partial charge in [0.2, 0.25) is 0 Å². The van der Waals surface area contributed by atoms with Crippen molar-refractivity contribution in [2.24, 2.45) is 0 Å².